The van der Waals surface area contributed by atoms with Crippen LogP contribution in [0.25, 0.3) is 0 Å². The number of benzene rings is 1. The highest BCUT2D eigenvalue weighted by Gasteiger charge is 2.29. The van der Waals surface area contributed by atoms with Gasteiger partial charge in [0, 0.05) is 6.04 Å². The Morgan fingerprint density at radius 3 is 2.00 bits per heavy atom. The lowest BCUT2D eigenvalue weighted by Crippen LogP contribution is -2.31. The first-order valence-electron chi connectivity index (χ1n) is 8.97. The van der Waals surface area contributed by atoms with E-state index in [1.54, 1.807) is 0 Å². The van der Waals surface area contributed by atoms with Gasteiger partial charge in [-0.05, 0) is 67.5 Å². The molecule has 118 valence electrons. The first kappa shape index (κ1) is 16.5. The molecule has 1 nitrogen and oxygen atoms in total. The maximum Gasteiger partial charge on any atom is 0.0348 e. The van der Waals surface area contributed by atoms with E-state index in [-0.39, 0.29) is 0 Å². The van der Waals surface area contributed by atoms with E-state index in [1.165, 1.54) is 36.8 Å². The van der Waals surface area contributed by atoms with Crippen LogP contribution >= 0.6 is 0 Å². The lowest BCUT2D eigenvalue weighted by atomic mass is 9.73. The Balaban J connectivity index is 2.04. The van der Waals surface area contributed by atoms with Crippen molar-refractivity contribution >= 4 is 0 Å². The Hall–Kier alpha value is -0.820. The van der Waals surface area contributed by atoms with E-state index >= 15 is 0 Å². The zero-order valence-corrected chi connectivity index (χ0v) is 14.4. The van der Waals surface area contributed by atoms with Gasteiger partial charge in [0.15, 0.2) is 0 Å². The molecule has 1 aromatic rings. The predicted molar refractivity (Wildman–Crippen MR) is 92.5 cm³/mol. The van der Waals surface area contributed by atoms with Gasteiger partial charge in [0.1, 0.15) is 0 Å². The van der Waals surface area contributed by atoms with Crippen molar-refractivity contribution in [3.63, 3.8) is 0 Å². The molecule has 1 aromatic carbocycles. The van der Waals surface area contributed by atoms with E-state index in [9.17, 15) is 0 Å². The molecule has 1 unspecified atom stereocenters. The first-order valence-corrected chi connectivity index (χ1v) is 8.97. The van der Waals surface area contributed by atoms with Crippen molar-refractivity contribution in [1.82, 2.24) is 5.32 Å². The molecular weight excluding hydrogens is 254 g/mol. The molecular formula is C20H33N. The lowest BCUT2D eigenvalue weighted by Gasteiger charge is -2.36. The Bertz CT molecular complexity index is 398. The average Bonchev–Trinajstić information content (AvgIpc) is 2.53. The number of rotatable bonds is 6. The summed E-state index contributed by atoms with van der Waals surface area (Å²) in [6.45, 7) is 10.3. The van der Waals surface area contributed by atoms with Gasteiger partial charge in [-0.15, -0.1) is 0 Å². The summed E-state index contributed by atoms with van der Waals surface area (Å²) in [4.78, 5) is 0. The van der Waals surface area contributed by atoms with Crippen LogP contribution in [0.15, 0.2) is 24.3 Å². The highest BCUT2D eigenvalue weighted by molar-refractivity contribution is 5.25. The van der Waals surface area contributed by atoms with Gasteiger partial charge in [-0.1, -0.05) is 52.0 Å². The van der Waals surface area contributed by atoms with Crippen molar-refractivity contribution in [3.8, 4) is 0 Å². The molecule has 0 aromatic heterocycles. The summed E-state index contributed by atoms with van der Waals surface area (Å²) >= 11 is 0. The third-order valence-electron chi connectivity index (χ3n) is 5.40. The number of aryl methyl sites for hydroxylation is 1. The molecule has 0 radical (unpaired) electrons. The van der Waals surface area contributed by atoms with E-state index in [2.05, 4.69) is 57.3 Å². The number of hydrogen-bond acceptors (Lipinski definition) is 1. The second-order valence-electron chi connectivity index (χ2n) is 7.05. The van der Waals surface area contributed by atoms with Gasteiger partial charge in [0.05, 0.1) is 0 Å². The molecule has 0 aliphatic heterocycles. The van der Waals surface area contributed by atoms with E-state index in [0.29, 0.717) is 6.04 Å². The van der Waals surface area contributed by atoms with Crippen LogP contribution in [0.5, 0.6) is 0 Å². The largest absolute Gasteiger partial charge is 0.310 e. The van der Waals surface area contributed by atoms with Gasteiger partial charge in [-0.25, -0.2) is 0 Å². The summed E-state index contributed by atoms with van der Waals surface area (Å²) in [5.74, 6) is 2.62. The maximum atomic E-state index is 3.75. The van der Waals surface area contributed by atoms with Crippen LogP contribution in [-0.4, -0.2) is 6.54 Å². The minimum absolute atomic E-state index is 0.550. The fourth-order valence-corrected chi connectivity index (χ4v) is 3.88. The average molecular weight is 287 g/mol. The standard InChI is InChI=1S/C20H33N/c1-5-16-7-9-18(10-8-16)20(21-6-2)19-13-11-17(12-14-19)15(3)4/h7-10,15,17,19-21H,5-6,11-14H2,1-4H3. The SMILES string of the molecule is CCNC(c1ccc(CC)cc1)C1CCC(C(C)C)CC1. The van der Waals surface area contributed by atoms with Crippen LogP contribution in [0.4, 0.5) is 0 Å². The Morgan fingerprint density at radius 1 is 0.952 bits per heavy atom. The zero-order valence-electron chi connectivity index (χ0n) is 14.4. The number of hydrogen-bond donors (Lipinski definition) is 1. The van der Waals surface area contributed by atoms with Crippen LogP contribution < -0.4 is 5.32 Å². The smallest absolute Gasteiger partial charge is 0.0348 e. The topological polar surface area (TPSA) is 12.0 Å². The fraction of sp³-hybridized carbons (Fsp3) is 0.700. The van der Waals surface area contributed by atoms with Crippen molar-refractivity contribution in [2.24, 2.45) is 17.8 Å². The van der Waals surface area contributed by atoms with Crippen molar-refractivity contribution < 1.29 is 0 Å². The molecule has 21 heavy (non-hydrogen) atoms. The molecule has 1 fully saturated rings. The van der Waals surface area contributed by atoms with E-state index < -0.39 is 0 Å². The minimum Gasteiger partial charge on any atom is -0.310 e. The lowest BCUT2D eigenvalue weighted by molar-refractivity contribution is 0.190. The minimum atomic E-state index is 0.550. The predicted octanol–water partition coefficient (Wildman–Crippen LogP) is 5.36. The van der Waals surface area contributed by atoms with Crippen LogP contribution in [0.3, 0.4) is 0 Å². The van der Waals surface area contributed by atoms with E-state index in [1.807, 2.05) is 0 Å². The van der Waals surface area contributed by atoms with Gasteiger partial charge in [-0.3, -0.25) is 0 Å². The molecule has 1 atom stereocenters. The molecule has 0 bridgehead atoms. The zero-order chi connectivity index (χ0) is 15.2. The molecule has 1 aliphatic rings. The van der Waals surface area contributed by atoms with Gasteiger partial charge >= 0.3 is 0 Å². The second-order valence-corrected chi connectivity index (χ2v) is 7.05. The van der Waals surface area contributed by atoms with Gasteiger partial charge in [-0.2, -0.15) is 0 Å². The van der Waals surface area contributed by atoms with Crippen molar-refractivity contribution in [2.45, 2.75) is 65.8 Å². The fourth-order valence-electron chi connectivity index (χ4n) is 3.88. The van der Waals surface area contributed by atoms with Crippen molar-refractivity contribution in [2.75, 3.05) is 6.54 Å². The second kappa shape index (κ2) is 7.98. The highest BCUT2D eigenvalue weighted by Crippen LogP contribution is 2.39. The van der Waals surface area contributed by atoms with E-state index in [4.69, 9.17) is 0 Å². The molecule has 1 heteroatoms. The molecule has 0 heterocycles. The van der Waals surface area contributed by atoms with Gasteiger partial charge in [0.25, 0.3) is 0 Å². The molecule has 2 rings (SSSR count). The summed E-state index contributed by atoms with van der Waals surface area (Å²) in [7, 11) is 0. The Kier molecular flexibility index (Phi) is 6.29. The maximum absolute atomic E-state index is 3.75. The summed E-state index contributed by atoms with van der Waals surface area (Å²) in [6.07, 6.45) is 6.73. The van der Waals surface area contributed by atoms with Crippen molar-refractivity contribution in [1.29, 1.82) is 0 Å². The molecule has 0 spiro atoms. The van der Waals surface area contributed by atoms with Crippen LogP contribution in [-0.2, 0) is 6.42 Å². The van der Waals surface area contributed by atoms with Gasteiger partial charge < -0.3 is 5.32 Å². The monoisotopic (exact) mass is 287 g/mol. The molecule has 1 saturated carbocycles. The summed E-state index contributed by atoms with van der Waals surface area (Å²) in [5, 5.41) is 3.75. The summed E-state index contributed by atoms with van der Waals surface area (Å²) in [5.41, 5.74) is 2.93. The normalized spacial score (nSPS) is 24.2. The molecule has 0 saturated heterocycles. The first-order chi connectivity index (χ1) is 10.2. The van der Waals surface area contributed by atoms with Crippen LogP contribution in [0.1, 0.15) is 70.5 Å². The summed E-state index contributed by atoms with van der Waals surface area (Å²) < 4.78 is 0. The number of nitrogens with one attached hydrogen (secondary N) is 1. The molecule has 1 aliphatic carbocycles. The molecule has 0 amide bonds. The Morgan fingerprint density at radius 2 is 1.52 bits per heavy atom. The molecule has 1 N–H and O–H groups in total. The van der Waals surface area contributed by atoms with E-state index in [0.717, 1.165) is 30.7 Å². The van der Waals surface area contributed by atoms with Crippen LogP contribution in [0.2, 0.25) is 0 Å². The highest BCUT2D eigenvalue weighted by atomic mass is 14.9. The van der Waals surface area contributed by atoms with Crippen LogP contribution in [0, 0.1) is 17.8 Å². The van der Waals surface area contributed by atoms with Gasteiger partial charge in [0.2, 0.25) is 0 Å². The third-order valence-corrected chi connectivity index (χ3v) is 5.40. The third kappa shape index (κ3) is 4.32. The van der Waals surface area contributed by atoms with Crippen molar-refractivity contribution in [3.05, 3.63) is 35.4 Å². The Labute approximate surface area is 131 Å². The summed E-state index contributed by atoms with van der Waals surface area (Å²) in [6, 6.07) is 9.86. The quantitative estimate of drug-likeness (QED) is 0.742.